The molecule has 0 radical (unpaired) electrons. The maximum Gasteiger partial charge on any atom is 0.270 e. The highest BCUT2D eigenvalue weighted by atomic mass is 32.1. The van der Waals surface area contributed by atoms with Crippen LogP contribution in [0.15, 0.2) is 47.8 Å². The molecule has 6 heteroatoms. The van der Waals surface area contributed by atoms with E-state index in [2.05, 4.69) is 21.5 Å². The average Bonchev–Trinajstić information content (AvgIpc) is 3.24. The number of benzene rings is 2. The van der Waals surface area contributed by atoms with Gasteiger partial charge in [-0.15, -0.1) is 17.8 Å². The van der Waals surface area contributed by atoms with Crippen LogP contribution >= 0.6 is 11.3 Å². The predicted molar refractivity (Wildman–Crippen MR) is 116 cm³/mol. The van der Waals surface area contributed by atoms with Crippen molar-refractivity contribution in [2.24, 2.45) is 0 Å². The first-order valence-corrected chi connectivity index (χ1v) is 10.1. The van der Waals surface area contributed by atoms with Crippen molar-refractivity contribution in [2.45, 2.75) is 13.0 Å². The van der Waals surface area contributed by atoms with E-state index in [1.54, 1.807) is 5.38 Å². The normalized spacial score (nSPS) is 10.3. The second kappa shape index (κ2) is 9.78. The van der Waals surface area contributed by atoms with Crippen LogP contribution in [-0.2, 0) is 13.0 Å². The third-order valence-corrected chi connectivity index (χ3v) is 5.29. The summed E-state index contributed by atoms with van der Waals surface area (Å²) in [4.78, 5) is 27.5. The highest BCUT2D eigenvalue weighted by Gasteiger charge is 2.11. The van der Waals surface area contributed by atoms with Gasteiger partial charge in [-0.2, -0.15) is 0 Å². The minimum atomic E-state index is -0.221. The van der Waals surface area contributed by atoms with Gasteiger partial charge in [0.25, 0.3) is 5.91 Å². The van der Waals surface area contributed by atoms with Crippen molar-refractivity contribution in [1.29, 1.82) is 0 Å². The maximum atomic E-state index is 12.1. The van der Waals surface area contributed by atoms with Crippen molar-refractivity contribution < 1.29 is 9.59 Å². The van der Waals surface area contributed by atoms with Gasteiger partial charge < -0.3 is 10.6 Å². The minimum absolute atomic E-state index is 0.221. The number of amides is 1. The molecule has 2 aromatic carbocycles. The summed E-state index contributed by atoms with van der Waals surface area (Å²) in [5, 5.41) is 8.15. The fourth-order valence-corrected chi connectivity index (χ4v) is 3.67. The molecule has 0 unspecified atom stereocenters. The second-order valence-electron chi connectivity index (χ2n) is 6.41. The number of carbonyl (C=O) groups is 2. The lowest BCUT2D eigenvalue weighted by molar-refractivity contribution is 0.0949. The highest BCUT2D eigenvalue weighted by molar-refractivity contribution is 7.10. The largest absolute Gasteiger partial charge is 0.350 e. The topological polar surface area (TPSA) is 71.1 Å². The summed E-state index contributed by atoms with van der Waals surface area (Å²) in [5.74, 6) is 2.21. The number of terminal acetylenes is 1. The molecule has 3 rings (SSSR count). The number of aldehydes is 1. The number of nitrogens with zero attached hydrogens (tertiary/aromatic N) is 1. The van der Waals surface area contributed by atoms with Crippen LogP contribution in [-0.4, -0.2) is 30.8 Å². The van der Waals surface area contributed by atoms with Gasteiger partial charge in [-0.05, 0) is 41.6 Å². The standard InChI is InChI=1S/C23H21N3O2S/c1-3-22-26-21(15-29-22)23(28)25-12-11-16-7-9-17(10-8-16)19-6-4-5-18(14-27)20(19)13-24-2/h1,4-10,14-15,24H,11-13H2,2H3,(H,25,28). The molecule has 0 saturated carbocycles. The molecule has 146 valence electrons. The molecular weight excluding hydrogens is 382 g/mol. The lowest BCUT2D eigenvalue weighted by Crippen LogP contribution is -2.25. The van der Waals surface area contributed by atoms with Crippen molar-refractivity contribution in [3.05, 3.63) is 75.2 Å². The van der Waals surface area contributed by atoms with Gasteiger partial charge in [0.15, 0.2) is 5.01 Å². The Morgan fingerprint density at radius 3 is 2.69 bits per heavy atom. The second-order valence-corrected chi connectivity index (χ2v) is 7.26. The van der Waals surface area contributed by atoms with Crippen LogP contribution in [0.3, 0.4) is 0 Å². The van der Waals surface area contributed by atoms with E-state index < -0.39 is 0 Å². The fourth-order valence-electron chi connectivity index (χ4n) is 3.07. The van der Waals surface area contributed by atoms with Gasteiger partial charge in [0.1, 0.15) is 12.0 Å². The van der Waals surface area contributed by atoms with E-state index in [1.165, 1.54) is 11.3 Å². The molecule has 2 N–H and O–H groups in total. The van der Waals surface area contributed by atoms with Crippen molar-refractivity contribution in [3.63, 3.8) is 0 Å². The van der Waals surface area contributed by atoms with E-state index in [0.717, 1.165) is 28.5 Å². The Labute approximate surface area is 174 Å². The lowest BCUT2D eigenvalue weighted by Gasteiger charge is -2.12. The van der Waals surface area contributed by atoms with Gasteiger partial charge in [-0.25, -0.2) is 4.98 Å². The minimum Gasteiger partial charge on any atom is -0.350 e. The van der Waals surface area contributed by atoms with Gasteiger partial charge in [-0.3, -0.25) is 9.59 Å². The zero-order valence-corrected chi connectivity index (χ0v) is 16.9. The Morgan fingerprint density at radius 2 is 2.03 bits per heavy atom. The Balaban J connectivity index is 1.64. The first-order valence-electron chi connectivity index (χ1n) is 9.17. The molecule has 1 amide bonds. The summed E-state index contributed by atoms with van der Waals surface area (Å²) in [5.41, 5.74) is 5.23. The zero-order chi connectivity index (χ0) is 20.6. The quantitative estimate of drug-likeness (QED) is 0.447. The Morgan fingerprint density at radius 1 is 1.24 bits per heavy atom. The highest BCUT2D eigenvalue weighted by Crippen LogP contribution is 2.26. The van der Waals surface area contributed by atoms with Crippen molar-refractivity contribution in [3.8, 4) is 23.5 Å². The van der Waals surface area contributed by atoms with Crippen LogP contribution < -0.4 is 10.6 Å². The van der Waals surface area contributed by atoms with Crippen molar-refractivity contribution >= 4 is 23.5 Å². The van der Waals surface area contributed by atoms with E-state index in [0.29, 0.717) is 35.8 Å². The Bertz CT molecular complexity index is 1050. The number of nitrogens with one attached hydrogen (secondary N) is 2. The summed E-state index contributed by atoms with van der Waals surface area (Å²) >= 11 is 1.28. The number of hydrogen-bond acceptors (Lipinski definition) is 5. The summed E-state index contributed by atoms with van der Waals surface area (Å²) in [6.45, 7) is 1.13. The van der Waals surface area contributed by atoms with E-state index in [-0.39, 0.29) is 5.91 Å². The number of carbonyl (C=O) groups excluding carboxylic acids is 2. The third kappa shape index (κ3) is 4.96. The number of aromatic nitrogens is 1. The predicted octanol–water partition coefficient (Wildman–Crippen LogP) is 3.30. The number of rotatable bonds is 8. The van der Waals surface area contributed by atoms with Crippen molar-refractivity contribution in [1.82, 2.24) is 15.6 Å². The summed E-state index contributed by atoms with van der Waals surface area (Å²) < 4.78 is 0. The molecule has 0 aliphatic rings. The first-order chi connectivity index (χ1) is 14.2. The van der Waals surface area contributed by atoms with Crippen molar-refractivity contribution in [2.75, 3.05) is 13.6 Å². The molecule has 1 heterocycles. The van der Waals surface area contributed by atoms with Crippen LogP contribution in [0.4, 0.5) is 0 Å². The molecule has 1 aromatic heterocycles. The van der Waals surface area contributed by atoms with Crippen LogP contribution in [0.1, 0.15) is 37.0 Å². The molecule has 5 nitrogen and oxygen atoms in total. The van der Waals surface area contributed by atoms with Crippen LogP contribution in [0.25, 0.3) is 11.1 Å². The number of hydrogen-bond donors (Lipinski definition) is 2. The van der Waals surface area contributed by atoms with E-state index in [4.69, 9.17) is 6.42 Å². The van der Waals surface area contributed by atoms with E-state index in [1.807, 2.05) is 49.5 Å². The molecular formula is C23H21N3O2S. The molecule has 0 saturated heterocycles. The van der Waals surface area contributed by atoms with E-state index >= 15 is 0 Å². The maximum absolute atomic E-state index is 12.1. The molecule has 3 aromatic rings. The van der Waals surface area contributed by atoms with Gasteiger partial charge >= 0.3 is 0 Å². The van der Waals surface area contributed by atoms with Gasteiger partial charge in [0, 0.05) is 24.0 Å². The van der Waals surface area contributed by atoms with Crippen LogP contribution in [0, 0.1) is 12.3 Å². The van der Waals surface area contributed by atoms with Gasteiger partial charge in [0.2, 0.25) is 0 Å². The lowest BCUT2D eigenvalue weighted by atomic mass is 9.95. The molecule has 29 heavy (non-hydrogen) atoms. The number of thiazole rings is 1. The summed E-state index contributed by atoms with van der Waals surface area (Å²) in [6.07, 6.45) is 6.88. The van der Waals surface area contributed by atoms with E-state index in [9.17, 15) is 9.59 Å². The molecule has 0 fully saturated rings. The molecule has 0 bridgehead atoms. The summed E-state index contributed by atoms with van der Waals surface area (Å²) in [6, 6.07) is 13.9. The molecule has 0 atom stereocenters. The average molecular weight is 404 g/mol. The monoisotopic (exact) mass is 403 g/mol. The molecule has 0 spiro atoms. The van der Waals surface area contributed by atoms with Gasteiger partial charge in [-0.1, -0.05) is 42.5 Å². The zero-order valence-electron chi connectivity index (χ0n) is 16.1. The molecule has 0 aliphatic carbocycles. The third-order valence-electron chi connectivity index (χ3n) is 4.52. The molecule has 0 aliphatic heterocycles. The Hall–Kier alpha value is -3.27. The Kier molecular flexibility index (Phi) is 6.90. The summed E-state index contributed by atoms with van der Waals surface area (Å²) in [7, 11) is 1.86. The van der Waals surface area contributed by atoms with Crippen LogP contribution in [0.5, 0.6) is 0 Å². The van der Waals surface area contributed by atoms with Gasteiger partial charge in [0.05, 0.1) is 0 Å². The SMILES string of the molecule is C#Cc1nc(C(=O)NCCc2ccc(-c3cccc(C=O)c3CNC)cc2)cs1. The smallest absolute Gasteiger partial charge is 0.270 e. The first kappa shape index (κ1) is 20.5. The fraction of sp³-hybridized carbons (Fsp3) is 0.174. The van der Waals surface area contributed by atoms with Crippen LogP contribution in [0.2, 0.25) is 0 Å².